The molecule has 0 aliphatic carbocycles. The van der Waals surface area contributed by atoms with Crippen LogP contribution in [0.5, 0.6) is 5.75 Å². The highest BCUT2D eigenvalue weighted by Gasteiger charge is 2.19. The number of nitrogens with one attached hydrogen (secondary N) is 1. The second kappa shape index (κ2) is 7.28. The number of hydrogen-bond acceptors (Lipinski definition) is 3. The van der Waals surface area contributed by atoms with Crippen LogP contribution >= 0.6 is 0 Å². The molecule has 0 heterocycles. The fourth-order valence-corrected chi connectivity index (χ4v) is 2.12. The maximum Gasteiger partial charge on any atom is 0.387 e. The van der Waals surface area contributed by atoms with Crippen LogP contribution in [-0.2, 0) is 0 Å². The lowest BCUT2D eigenvalue weighted by Gasteiger charge is -2.25. The van der Waals surface area contributed by atoms with Crippen molar-refractivity contribution in [1.29, 1.82) is 0 Å². The highest BCUT2D eigenvalue weighted by Crippen LogP contribution is 2.28. The number of benzene rings is 1. The first-order valence-corrected chi connectivity index (χ1v) is 6.13. The molecule has 0 aromatic heterocycles. The summed E-state index contributed by atoms with van der Waals surface area (Å²) < 4.78 is 28.4. The van der Waals surface area contributed by atoms with Crippen molar-refractivity contribution in [3.8, 4) is 5.75 Å². The van der Waals surface area contributed by atoms with Gasteiger partial charge in [0.05, 0.1) is 0 Å². The Labute approximate surface area is 106 Å². The van der Waals surface area contributed by atoms with Gasteiger partial charge < -0.3 is 4.74 Å². The molecule has 18 heavy (non-hydrogen) atoms. The predicted octanol–water partition coefficient (Wildman–Crippen LogP) is 3.23. The number of ether oxygens (including phenoxy) is 1. The van der Waals surface area contributed by atoms with E-state index in [1.165, 1.54) is 12.1 Å². The van der Waals surface area contributed by atoms with Crippen LogP contribution < -0.4 is 16.0 Å². The Morgan fingerprint density at radius 3 is 2.11 bits per heavy atom. The summed E-state index contributed by atoms with van der Waals surface area (Å²) in [7, 11) is 0. The summed E-state index contributed by atoms with van der Waals surface area (Å²) in [6.45, 7) is 1.41. The molecule has 0 aliphatic heterocycles. The summed E-state index contributed by atoms with van der Waals surface area (Å²) in [5, 5.41) is 0. The highest BCUT2D eigenvalue weighted by molar-refractivity contribution is 5.29. The summed E-state index contributed by atoms with van der Waals surface area (Å²) >= 11 is 0. The number of nitrogens with two attached hydrogens (primary N) is 1. The van der Waals surface area contributed by atoms with Gasteiger partial charge in [-0.3, -0.25) is 11.3 Å². The zero-order valence-corrected chi connectivity index (χ0v) is 10.7. The number of rotatable bonds is 7. The summed E-state index contributed by atoms with van der Waals surface area (Å²) in [4.78, 5) is 0. The molecule has 0 fully saturated rings. The fourth-order valence-electron chi connectivity index (χ4n) is 2.12. The van der Waals surface area contributed by atoms with Gasteiger partial charge >= 0.3 is 6.61 Å². The molecule has 0 bridgehead atoms. The minimum Gasteiger partial charge on any atom is -0.435 e. The number of hydrogen-bond donors (Lipinski definition) is 2. The van der Waals surface area contributed by atoms with Gasteiger partial charge in [0.25, 0.3) is 0 Å². The Morgan fingerprint density at radius 1 is 1.17 bits per heavy atom. The van der Waals surface area contributed by atoms with Crippen LogP contribution in [0.1, 0.15) is 38.3 Å². The van der Waals surface area contributed by atoms with Gasteiger partial charge in [-0.15, -0.1) is 0 Å². The molecule has 1 aromatic rings. The second-order valence-corrected chi connectivity index (χ2v) is 4.17. The van der Waals surface area contributed by atoms with Crippen LogP contribution in [-0.4, -0.2) is 6.61 Å². The lowest BCUT2D eigenvalue weighted by atomic mass is 9.89. The first-order chi connectivity index (χ1) is 8.62. The van der Waals surface area contributed by atoms with Crippen molar-refractivity contribution in [1.82, 2.24) is 5.43 Å². The van der Waals surface area contributed by atoms with Crippen molar-refractivity contribution in [2.75, 3.05) is 0 Å². The quantitative estimate of drug-likeness (QED) is 0.583. The molecule has 1 unspecified atom stereocenters. The number of halogens is 2. The summed E-state index contributed by atoms with van der Waals surface area (Å²) in [6, 6.07) is 6.63. The van der Waals surface area contributed by atoms with E-state index in [0.29, 0.717) is 5.92 Å². The maximum absolute atomic E-state index is 12.0. The lowest BCUT2D eigenvalue weighted by molar-refractivity contribution is -0.0498. The topological polar surface area (TPSA) is 47.3 Å². The molecule has 5 heteroatoms. The molecule has 1 rings (SSSR count). The van der Waals surface area contributed by atoms with Gasteiger partial charge in [0.15, 0.2) is 0 Å². The van der Waals surface area contributed by atoms with E-state index in [4.69, 9.17) is 5.84 Å². The van der Waals surface area contributed by atoms with Gasteiger partial charge in [0, 0.05) is 6.04 Å². The molecular weight excluding hydrogens is 238 g/mol. The molecule has 102 valence electrons. The number of hydrazine groups is 1. The Kier molecular flexibility index (Phi) is 6.01. The molecule has 0 saturated carbocycles. The van der Waals surface area contributed by atoms with Gasteiger partial charge in [-0.05, 0) is 23.6 Å². The normalized spacial score (nSPS) is 13.1. The van der Waals surface area contributed by atoms with Crippen molar-refractivity contribution >= 4 is 0 Å². The van der Waals surface area contributed by atoms with Gasteiger partial charge in [-0.1, -0.05) is 38.8 Å². The van der Waals surface area contributed by atoms with E-state index in [-0.39, 0.29) is 11.8 Å². The van der Waals surface area contributed by atoms with Crippen LogP contribution in [0, 0.1) is 5.92 Å². The van der Waals surface area contributed by atoms with Crippen LogP contribution in [0.3, 0.4) is 0 Å². The third kappa shape index (κ3) is 3.92. The van der Waals surface area contributed by atoms with E-state index in [9.17, 15) is 8.78 Å². The van der Waals surface area contributed by atoms with Gasteiger partial charge in [-0.2, -0.15) is 8.78 Å². The lowest BCUT2D eigenvalue weighted by Crippen LogP contribution is -2.33. The molecular formula is C13H20F2N2O. The first kappa shape index (κ1) is 14.9. The maximum atomic E-state index is 12.0. The van der Waals surface area contributed by atoms with E-state index in [2.05, 4.69) is 24.0 Å². The van der Waals surface area contributed by atoms with Crippen molar-refractivity contribution in [2.24, 2.45) is 11.8 Å². The Bertz CT molecular complexity index is 339. The van der Waals surface area contributed by atoms with Crippen molar-refractivity contribution in [2.45, 2.75) is 39.3 Å². The summed E-state index contributed by atoms with van der Waals surface area (Å²) in [5.74, 6) is 6.15. The Balaban J connectivity index is 2.81. The molecule has 3 N–H and O–H groups in total. The number of alkyl halides is 2. The standard InChI is InChI=1S/C13H20F2N2O/c1-3-9(4-2)12(17-16)10-5-7-11(8-6-10)18-13(14)15/h5-9,12-13,17H,3-4,16H2,1-2H3. The second-order valence-electron chi connectivity index (χ2n) is 4.17. The molecule has 0 spiro atoms. The molecule has 0 aliphatic rings. The van der Waals surface area contributed by atoms with E-state index >= 15 is 0 Å². The SMILES string of the molecule is CCC(CC)C(NN)c1ccc(OC(F)F)cc1. The monoisotopic (exact) mass is 258 g/mol. The molecule has 1 atom stereocenters. The van der Waals surface area contributed by atoms with Gasteiger partial charge in [0.1, 0.15) is 5.75 Å². The van der Waals surface area contributed by atoms with Crippen molar-refractivity contribution in [3.05, 3.63) is 29.8 Å². The average Bonchev–Trinajstić information content (AvgIpc) is 2.36. The van der Waals surface area contributed by atoms with E-state index < -0.39 is 6.61 Å². The van der Waals surface area contributed by atoms with E-state index in [1.807, 2.05) is 0 Å². The molecule has 0 saturated heterocycles. The Hall–Kier alpha value is -1.20. The van der Waals surface area contributed by atoms with Crippen LogP contribution in [0.25, 0.3) is 0 Å². The molecule has 1 aromatic carbocycles. The van der Waals surface area contributed by atoms with Crippen molar-refractivity contribution in [3.63, 3.8) is 0 Å². The van der Waals surface area contributed by atoms with Crippen molar-refractivity contribution < 1.29 is 13.5 Å². The van der Waals surface area contributed by atoms with E-state index in [1.54, 1.807) is 12.1 Å². The third-order valence-corrected chi connectivity index (χ3v) is 3.16. The zero-order valence-electron chi connectivity index (χ0n) is 10.7. The summed E-state index contributed by atoms with van der Waals surface area (Å²) in [6.07, 6.45) is 2.00. The summed E-state index contributed by atoms with van der Waals surface area (Å²) in [5.41, 5.74) is 3.77. The average molecular weight is 258 g/mol. The Morgan fingerprint density at radius 2 is 1.72 bits per heavy atom. The third-order valence-electron chi connectivity index (χ3n) is 3.16. The minimum atomic E-state index is -2.79. The fraction of sp³-hybridized carbons (Fsp3) is 0.538. The van der Waals surface area contributed by atoms with Gasteiger partial charge in [0.2, 0.25) is 0 Å². The van der Waals surface area contributed by atoms with Gasteiger partial charge in [-0.25, -0.2) is 0 Å². The van der Waals surface area contributed by atoms with Crippen LogP contribution in [0.4, 0.5) is 8.78 Å². The first-order valence-electron chi connectivity index (χ1n) is 6.13. The molecule has 0 amide bonds. The molecule has 3 nitrogen and oxygen atoms in total. The zero-order chi connectivity index (χ0) is 13.5. The minimum absolute atomic E-state index is 0.0283. The van der Waals surface area contributed by atoms with E-state index in [0.717, 1.165) is 18.4 Å². The highest BCUT2D eigenvalue weighted by atomic mass is 19.3. The molecule has 0 radical (unpaired) electrons. The smallest absolute Gasteiger partial charge is 0.387 e. The van der Waals surface area contributed by atoms with Crippen LogP contribution in [0.2, 0.25) is 0 Å². The predicted molar refractivity (Wildman–Crippen MR) is 67.2 cm³/mol. The van der Waals surface area contributed by atoms with Crippen LogP contribution in [0.15, 0.2) is 24.3 Å². The largest absolute Gasteiger partial charge is 0.435 e.